The maximum Gasteiger partial charge on any atom is 0.224 e. The van der Waals surface area contributed by atoms with E-state index in [2.05, 4.69) is 43.3 Å². The zero-order valence-electron chi connectivity index (χ0n) is 17.8. The molecule has 0 aliphatic carbocycles. The molecule has 2 N–H and O–H groups in total. The predicted molar refractivity (Wildman–Crippen MR) is 129 cm³/mol. The number of halogens is 1. The lowest BCUT2D eigenvalue weighted by Crippen LogP contribution is -2.18. The average Bonchev–Trinajstić information content (AvgIpc) is 3.10. The molecular weight excluding hydrogens is 414 g/mol. The third-order valence-electron chi connectivity index (χ3n) is 4.54. The second kappa shape index (κ2) is 9.63. The van der Waals surface area contributed by atoms with Crippen molar-refractivity contribution in [2.75, 3.05) is 10.6 Å². The van der Waals surface area contributed by atoms with Crippen LogP contribution in [-0.4, -0.2) is 10.9 Å². The van der Waals surface area contributed by atoms with E-state index in [0.717, 1.165) is 34.2 Å². The minimum atomic E-state index is 0.0484. The van der Waals surface area contributed by atoms with Crippen molar-refractivity contribution in [3.63, 3.8) is 0 Å². The van der Waals surface area contributed by atoms with Crippen molar-refractivity contribution in [3.05, 3.63) is 58.9 Å². The first kappa shape index (κ1) is 22.3. The van der Waals surface area contributed by atoms with Crippen molar-refractivity contribution in [2.24, 2.45) is 11.3 Å². The van der Waals surface area contributed by atoms with E-state index in [1.807, 2.05) is 53.9 Å². The molecule has 1 aromatic heterocycles. The molecular formula is C24H28ClN3OS. The fourth-order valence-corrected chi connectivity index (χ4v) is 4.39. The van der Waals surface area contributed by atoms with Gasteiger partial charge in [-0.05, 0) is 54.2 Å². The highest BCUT2D eigenvalue weighted by Gasteiger charge is 2.18. The average molecular weight is 442 g/mol. The van der Waals surface area contributed by atoms with E-state index in [1.54, 1.807) is 0 Å². The molecule has 0 aliphatic rings. The van der Waals surface area contributed by atoms with Crippen LogP contribution in [-0.2, 0) is 4.79 Å². The van der Waals surface area contributed by atoms with Crippen LogP contribution in [0.1, 0.15) is 40.5 Å². The predicted octanol–water partition coefficient (Wildman–Crippen LogP) is 7.61. The highest BCUT2D eigenvalue weighted by molar-refractivity contribution is 7.14. The molecule has 1 unspecified atom stereocenters. The second-order valence-electron chi connectivity index (χ2n) is 8.87. The van der Waals surface area contributed by atoms with Gasteiger partial charge in [-0.2, -0.15) is 0 Å². The van der Waals surface area contributed by atoms with Crippen LogP contribution in [0.4, 0.5) is 16.5 Å². The number of benzene rings is 2. The monoisotopic (exact) mass is 441 g/mol. The van der Waals surface area contributed by atoms with Crippen LogP contribution in [0.2, 0.25) is 5.02 Å². The number of nitrogens with one attached hydrogen (secondary N) is 2. The number of hydrogen-bond acceptors (Lipinski definition) is 4. The van der Waals surface area contributed by atoms with E-state index < -0.39 is 0 Å². The molecule has 0 radical (unpaired) electrons. The van der Waals surface area contributed by atoms with Crippen molar-refractivity contribution in [1.82, 2.24) is 4.98 Å². The van der Waals surface area contributed by atoms with Crippen LogP contribution in [0, 0.1) is 11.3 Å². The van der Waals surface area contributed by atoms with Crippen LogP contribution in [0.15, 0.2) is 53.9 Å². The van der Waals surface area contributed by atoms with Gasteiger partial charge in [-0.3, -0.25) is 4.79 Å². The number of thiazole rings is 1. The minimum absolute atomic E-state index is 0.0484. The highest BCUT2D eigenvalue weighted by Crippen LogP contribution is 2.30. The van der Waals surface area contributed by atoms with Crippen LogP contribution < -0.4 is 10.6 Å². The van der Waals surface area contributed by atoms with Gasteiger partial charge in [0.2, 0.25) is 5.91 Å². The van der Waals surface area contributed by atoms with Crippen molar-refractivity contribution >= 4 is 45.4 Å². The number of rotatable bonds is 7. The third kappa shape index (κ3) is 6.85. The molecule has 0 spiro atoms. The van der Waals surface area contributed by atoms with Gasteiger partial charge in [-0.25, -0.2) is 4.98 Å². The smallest absolute Gasteiger partial charge is 0.224 e. The zero-order chi connectivity index (χ0) is 21.7. The van der Waals surface area contributed by atoms with E-state index in [0.29, 0.717) is 17.4 Å². The number of aromatic nitrogens is 1. The topological polar surface area (TPSA) is 54.0 Å². The summed E-state index contributed by atoms with van der Waals surface area (Å²) >= 11 is 7.47. The van der Waals surface area contributed by atoms with Gasteiger partial charge in [0.1, 0.15) is 0 Å². The first-order chi connectivity index (χ1) is 14.2. The summed E-state index contributed by atoms with van der Waals surface area (Å²) in [5.74, 6) is 0.389. The second-order valence-corrected chi connectivity index (χ2v) is 10.2. The van der Waals surface area contributed by atoms with E-state index >= 15 is 0 Å². The molecule has 0 saturated carbocycles. The first-order valence-corrected chi connectivity index (χ1v) is 11.3. The van der Waals surface area contributed by atoms with Gasteiger partial charge in [-0.15, -0.1) is 11.3 Å². The largest absolute Gasteiger partial charge is 0.332 e. The minimum Gasteiger partial charge on any atom is -0.332 e. The van der Waals surface area contributed by atoms with Crippen LogP contribution in [0.3, 0.4) is 0 Å². The number of nitrogens with zero attached hydrogens (tertiary/aromatic N) is 1. The van der Waals surface area contributed by atoms with Crippen LogP contribution >= 0.6 is 22.9 Å². The zero-order valence-corrected chi connectivity index (χ0v) is 19.4. The number of carbonyl (C=O) groups excluding carboxylic acids is 1. The summed E-state index contributed by atoms with van der Waals surface area (Å²) < 4.78 is 0. The van der Waals surface area contributed by atoms with E-state index in [-0.39, 0.29) is 11.3 Å². The standard InChI is InChI=1S/C24H28ClN3OS/c1-16(14-24(2,3)4)12-22(29)26-20-7-5-6-17(13-20)21-15-30-23(28-21)27-19-10-8-18(25)9-11-19/h5-11,13,15-16H,12,14H2,1-4H3,(H,26,29)(H,27,28). The van der Waals surface area contributed by atoms with Gasteiger partial charge in [0.15, 0.2) is 5.13 Å². The van der Waals surface area contributed by atoms with Gasteiger partial charge < -0.3 is 10.6 Å². The number of carbonyl (C=O) groups is 1. The Labute approximate surface area is 187 Å². The Balaban J connectivity index is 1.63. The molecule has 2 aromatic carbocycles. The van der Waals surface area contributed by atoms with Crippen molar-refractivity contribution in [2.45, 2.75) is 40.5 Å². The first-order valence-electron chi connectivity index (χ1n) is 10.1. The van der Waals surface area contributed by atoms with E-state index in [4.69, 9.17) is 11.6 Å². The SMILES string of the molecule is CC(CC(=O)Nc1cccc(-c2csc(Nc3ccc(Cl)cc3)n2)c1)CC(C)(C)C. The Morgan fingerprint density at radius 2 is 1.87 bits per heavy atom. The summed E-state index contributed by atoms with van der Waals surface area (Å²) in [5.41, 5.74) is 3.79. The van der Waals surface area contributed by atoms with E-state index in [9.17, 15) is 4.79 Å². The van der Waals surface area contributed by atoms with E-state index in [1.165, 1.54) is 11.3 Å². The van der Waals surface area contributed by atoms with Gasteiger partial charge in [0, 0.05) is 33.8 Å². The molecule has 6 heteroatoms. The van der Waals surface area contributed by atoms with Gasteiger partial charge >= 0.3 is 0 Å². The Hall–Kier alpha value is -2.37. The summed E-state index contributed by atoms with van der Waals surface area (Å²) in [6.45, 7) is 8.74. The molecule has 0 saturated heterocycles. The molecule has 0 fully saturated rings. The van der Waals surface area contributed by atoms with Gasteiger partial charge in [0.05, 0.1) is 5.69 Å². The Bertz CT molecular complexity index is 992. The number of anilines is 3. The summed E-state index contributed by atoms with van der Waals surface area (Å²) in [6, 6.07) is 15.3. The molecule has 3 rings (SSSR count). The molecule has 0 aliphatic heterocycles. The lowest BCUT2D eigenvalue weighted by atomic mass is 9.84. The Morgan fingerprint density at radius 1 is 1.13 bits per heavy atom. The van der Waals surface area contributed by atoms with Crippen molar-refractivity contribution in [1.29, 1.82) is 0 Å². The van der Waals surface area contributed by atoms with Crippen LogP contribution in [0.25, 0.3) is 11.3 Å². The molecule has 158 valence electrons. The Morgan fingerprint density at radius 3 is 2.57 bits per heavy atom. The number of hydrogen-bond donors (Lipinski definition) is 2. The molecule has 1 heterocycles. The summed E-state index contributed by atoms with van der Waals surface area (Å²) in [4.78, 5) is 17.1. The fourth-order valence-electron chi connectivity index (χ4n) is 3.52. The maximum atomic E-state index is 12.4. The lowest BCUT2D eigenvalue weighted by molar-refractivity contribution is -0.117. The molecule has 0 bridgehead atoms. The third-order valence-corrected chi connectivity index (χ3v) is 5.55. The molecule has 3 aromatic rings. The van der Waals surface area contributed by atoms with Crippen LogP contribution in [0.5, 0.6) is 0 Å². The molecule has 30 heavy (non-hydrogen) atoms. The Kier molecular flexibility index (Phi) is 7.16. The fraction of sp³-hybridized carbons (Fsp3) is 0.333. The van der Waals surface area contributed by atoms with Gasteiger partial charge in [-0.1, -0.05) is 51.4 Å². The molecule has 1 atom stereocenters. The molecule has 4 nitrogen and oxygen atoms in total. The lowest BCUT2D eigenvalue weighted by Gasteiger charge is -2.22. The van der Waals surface area contributed by atoms with Crippen molar-refractivity contribution < 1.29 is 4.79 Å². The maximum absolute atomic E-state index is 12.4. The highest BCUT2D eigenvalue weighted by atomic mass is 35.5. The quantitative estimate of drug-likeness (QED) is 0.396. The van der Waals surface area contributed by atoms with Crippen molar-refractivity contribution in [3.8, 4) is 11.3 Å². The normalized spacial score (nSPS) is 12.4. The summed E-state index contributed by atoms with van der Waals surface area (Å²) in [7, 11) is 0. The van der Waals surface area contributed by atoms with Gasteiger partial charge in [0.25, 0.3) is 0 Å². The summed E-state index contributed by atoms with van der Waals surface area (Å²) in [6.07, 6.45) is 1.54. The number of amides is 1. The molecule has 1 amide bonds. The summed E-state index contributed by atoms with van der Waals surface area (Å²) in [5, 5.41) is 9.83.